The number of rotatable bonds is 6. The predicted octanol–water partition coefficient (Wildman–Crippen LogP) is 3.90. The summed E-state index contributed by atoms with van der Waals surface area (Å²) in [5.41, 5.74) is 3.37. The second-order valence-electron chi connectivity index (χ2n) is 6.94. The molecule has 2 aromatic rings. The lowest BCUT2D eigenvalue weighted by atomic mass is 9.81. The van der Waals surface area contributed by atoms with Crippen molar-refractivity contribution in [2.45, 2.75) is 44.1 Å². The van der Waals surface area contributed by atoms with Crippen LogP contribution in [0.5, 0.6) is 0 Å². The fourth-order valence-electron chi connectivity index (χ4n) is 3.78. The second kappa shape index (κ2) is 8.82. The third-order valence-corrected chi connectivity index (χ3v) is 5.24. The predicted molar refractivity (Wildman–Crippen MR) is 103 cm³/mol. The maximum absolute atomic E-state index is 12.7. The van der Waals surface area contributed by atoms with Gasteiger partial charge in [-0.15, -0.1) is 0 Å². The first-order valence-electron chi connectivity index (χ1n) is 9.36. The molecule has 0 aliphatic heterocycles. The van der Waals surface area contributed by atoms with Crippen molar-refractivity contribution in [3.05, 3.63) is 71.3 Å². The maximum Gasteiger partial charge on any atom is 0.251 e. The van der Waals surface area contributed by atoms with Gasteiger partial charge in [-0.1, -0.05) is 48.5 Å². The highest BCUT2D eigenvalue weighted by atomic mass is 16.1. The Kier molecular flexibility index (Phi) is 6.24. The molecule has 2 N–H and O–H groups in total. The molecule has 0 spiro atoms. The largest absolute Gasteiger partial charge is 0.349 e. The molecule has 0 unspecified atom stereocenters. The van der Waals surface area contributed by atoms with E-state index in [1.54, 1.807) is 0 Å². The Bertz CT molecular complexity index is 675. The summed E-state index contributed by atoms with van der Waals surface area (Å²) >= 11 is 0. The number of nitrogens with one attached hydrogen (secondary N) is 2. The lowest BCUT2D eigenvalue weighted by molar-refractivity contribution is 0.0925. The van der Waals surface area contributed by atoms with Gasteiger partial charge in [0.25, 0.3) is 5.91 Å². The van der Waals surface area contributed by atoms with Crippen LogP contribution in [0, 0.1) is 0 Å². The Morgan fingerprint density at radius 3 is 2.36 bits per heavy atom. The molecule has 0 aromatic heterocycles. The SMILES string of the molecule is CNCCc1ccccc1C(=O)NC1CCC(c2ccccc2)CC1. The number of amides is 1. The molecule has 1 saturated carbocycles. The molecule has 1 aliphatic carbocycles. The Morgan fingerprint density at radius 1 is 0.960 bits per heavy atom. The zero-order valence-electron chi connectivity index (χ0n) is 15.0. The standard InChI is InChI=1S/C22H28N2O/c1-23-16-15-19-9-5-6-10-21(19)22(25)24-20-13-11-18(12-14-20)17-7-3-2-4-8-17/h2-10,18,20,23H,11-16H2,1H3,(H,24,25). The van der Waals surface area contributed by atoms with E-state index in [1.165, 1.54) is 5.56 Å². The van der Waals surface area contributed by atoms with Crippen LogP contribution >= 0.6 is 0 Å². The lowest BCUT2D eigenvalue weighted by Gasteiger charge is -2.29. The summed E-state index contributed by atoms with van der Waals surface area (Å²) in [6.07, 6.45) is 5.29. The Labute approximate surface area is 150 Å². The molecule has 1 fully saturated rings. The van der Waals surface area contributed by atoms with Gasteiger partial charge >= 0.3 is 0 Å². The minimum Gasteiger partial charge on any atom is -0.349 e. The van der Waals surface area contributed by atoms with Crippen molar-refractivity contribution >= 4 is 5.91 Å². The molecular formula is C22H28N2O. The minimum absolute atomic E-state index is 0.0786. The Balaban J connectivity index is 1.56. The van der Waals surface area contributed by atoms with E-state index < -0.39 is 0 Å². The molecule has 3 heteroatoms. The molecule has 2 aromatic carbocycles. The lowest BCUT2D eigenvalue weighted by Crippen LogP contribution is -2.37. The number of hydrogen-bond donors (Lipinski definition) is 2. The first-order chi connectivity index (χ1) is 12.3. The number of benzene rings is 2. The fraction of sp³-hybridized carbons (Fsp3) is 0.409. The van der Waals surface area contributed by atoms with Gasteiger partial charge in [-0.3, -0.25) is 4.79 Å². The summed E-state index contributed by atoms with van der Waals surface area (Å²) in [6, 6.07) is 19.0. The highest BCUT2D eigenvalue weighted by molar-refractivity contribution is 5.95. The van der Waals surface area contributed by atoms with E-state index in [2.05, 4.69) is 47.0 Å². The third kappa shape index (κ3) is 4.70. The van der Waals surface area contributed by atoms with E-state index in [0.29, 0.717) is 12.0 Å². The van der Waals surface area contributed by atoms with Crippen LogP contribution < -0.4 is 10.6 Å². The van der Waals surface area contributed by atoms with Gasteiger partial charge in [-0.05, 0) is 68.8 Å². The van der Waals surface area contributed by atoms with Crippen LogP contribution in [0.25, 0.3) is 0 Å². The second-order valence-corrected chi connectivity index (χ2v) is 6.94. The van der Waals surface area contributed by atoms with Crippen LogP contribution in [0.1, 0.15) is 53.1 Å². The molecule has 132 valence electrons. The number of hydrogen-bond acceptors (Lipinski definition) is 2. The van der Waals surface area contributed by atoms with Gasteiger partial charge in [0.15, 0.2) is 0 Å². The highest BCUT2D eigenvalue weighted by Crippen LogP contribution is 2.32. The van der Waals surface area contributed by atoms with Crippen molar-refractivity contribution in [3.63, 3.8) is 0 Å². The number of carbonyl (C=O) groups excluding carboxylic acids is 1. The normalized spacial score (nSPS) is 20.2. The van der Waals surface area contributed by atoms with Gasteiger partial charge < -0.3 is 10.6 Å². The first-order valence-corrected chi connectivity index (χ1v) is 9.36. The van der Waals surface area contributed by atoms with Crippen molar-refractivity contribution in [3.8, 4) is 0 Å². The highest BCUT2D eigenvalue weighted by Gasteiger charge is 2.24. The van der Waals surface area contributed by atoms with Crippen LogP contribution in [0.4, 0.5) is 0 Å². The van der Waals surface area contributed by atoms with Crippen molar-refractivity contribution < 1.29 is 4.79 Å². The molecule has 0 heterocycles. The average Bonchev–Trinajstić information content (AvgIpc) is 2.68. The quantitative estimate of drug-likeness (QED) is 0.840. The van der Waals surface area contributed by atoms with Crippen molar-refractivity contribution in [1.82, 2.24) is 10.6 Å². The minimum atomic E-state index is 0.0786. The van der Waals surface area contributed by atoms with Gasteiger partial charge in [-0.2, -0.15) is 0 Å². The zero-order chi connectivity index (χ0) is 17.5. The average molecular weight is 336 g/mol. The van der Waals surface area contributed by atoms with Gasteiger partial charge in [-0.25, -0.2) is 0 Å². The molecule has 25 heavy (non-hydrogen) atoms. The molecule has 0 saturated heterocycles. The molecule has 0 atom stereocenters. The number of carbonyl (C=O) groups is 1. The molecule has 0 radical (unpaired) electrons. The number of likely N-dealkylation sites (N-methyl/N-ethyl adjacent to an activating group) is 1. The molecule has 1 amide bonds. The van der Waals surface area contributed by atoms with Crippen LogP contribution in [0.3, 0.4) is 0 Å². The summed E-state index contributed by atoms with van der Waals surface area (Å²) < 4.78 is 0. The van der Waals surface area contributed by atoms with E-state index in [1.807, 2.05) is 25.2 Å². The Hall–Kier alpha value is -2.13. The Morgan fingerprint density at radius 2 is 1.64 bits per heavy atom. The summed E-state index contributed by atoms with van der Waals surface area (Å²) in [6.45, 7) is 0.881. The van der Waals surface area contributed by atoms with Gasteiger partial charge in [0.05, 0.1) is 0 Å². The van der Waals surface area contributed by atoms with E-state index in [9.17, 15) is 4.79 Å². The van der Waals surface area contributed by atoms with Crippen LogP contribution in [-0.2, 0) is 6.42 Å². The van der Waals surface area contributed by atoms with Crippen LogP contribution in [0.15, 0.2) is 54.6 Å². The van der Waals surface area contributed by atoms with E-state index >= 15 is 0 Å². The molecule has 3 rings (SSSR count). The summed E-state index contributed by atoms with van der Waals surface area (Å²) in [7, 11) is 1.94. The topological polar surface area (TPSA) is 41.1 Å². The molecule has 3 nitrogen and oxygen atoms in total. The molecule has 0 bridgehead atoms. The van der Waals surface area contributed by atoms with Crippen LogP contribution in [-0.4, -0.2) is 25.5 Å². The zero-order valence-corrected chi connectivity index (χ0v) is 15.0. The van der Waals surface area contributed by atoms with Crippen molar-refractivity contribution in [2.75, 3.05) is 13.6 Å². The van der Waals surface area contributed by atoms with Crippen molar-refractivity contribution in [1.29, 1.82) is 0 Å². The van der Waals surface area contributed by atoms with Crippen LogP contribution in [0.2, 0.25) is 0 Å². The first kappa shape index (κ1) is 17.7. The third-order valence-electron chi connectivity index (χ3n) is 5.24. The van der Waals surface area contributed by atoms with Crippen molar-refractivity contribution in [2.24, 2.45) is 0 Å². The summed E-state index contributed by atoms with van der Waals surface area (Å²) in [4.78, 5) is 12.7. The molecule has 1 aliphatic rings. The maximum atomic E-state index is 12.7. The summed E-state index contributed by atoms with van der Waals surface area (Å²) in [5, 5.41) is 6.42. The molecular weight excluding hydrogens is 308 g/mol. The van der Waals surface area contributed by atoms with Gasteiger partial charge in [0, 0.05) is 11.6 Å². The smallest absolute Gasteiger partial charge is 0.251 e. The van der Waals surface area contributed by atoms with E-state index in [-0.39, 0.29) is 5.91 Å². The fourth-order valence-corrected chi connectivity index (χ4v) is 3.78. The van der Waals surface area contributed by atoms with Gasteiger partial charge in [0.1, 0.15) is 0 Å². The summed E-state index contributed by atoms with van der Waals surface area (Å²) in [5.74, 6) is 0.715. The van der Waals surface area contributed by atoms with Gasteiger partial charge in [0.2, 0.25) is 0 Å². The van der Waals surface area contributed by atoms with E-state index in [4.69, 9.17) is 0 Å². The monoisotopic (exact) mass is 336 g/mol. The van der Waals surface area contributed by atoms with E-state index in [0.717, 1.165) is 49.8 Å².